The second-order valence-electron chi connectivity index (χ2n) is 5.72. The number of aromatic nitrogens is 2. The van der Waals surface area contributed by atoms with Gasteiger partial charge >= 0.3 is 0 Å². The number of rotatable bonds is 6. The minimum Gasteiger partial charge on any atom is -0.337 e. The molecule has 0 spiro atoms. The molecule has 0 saturated carbocycles. The molecule has 0 N–H and O–H groups in total. The summed E-state index contributed by atoms with van der Waals surface area (Å²) >= 11 is 4.35. The highest BCUT2D eigenvalue weighted by Crippen LogP contribution is 2.52. The van der Waals surface area contributed by atoms with E-state index in [1.807, 2.05) is 12.5 Å². The lowest BCUT2D eigenvalue weighted by Gasteiger charge is -2.28. The molecule has 2 heterocycles. The minimum atomic E-state index is 0.362. The fourth-order valence-corrected chi connectivity index (χ4v) is 6.66. The molecule has 2 aromatic rings. The van der Waals surface area contributed by atoms with Gasteiger partial charge in [0.2, 0.25) is 0 Å². The predicted molar refractivity (Wildman–Crippen MR) is 93.8 cm³/mol. The molecule has 21 heavy (non-hydrogen) atoms. The van der Waals surface area contributed by atoms with Crippen LogP contribution in [0.4, 0.5) is 0 Å². The summed E-state index contributed by atoms with van der Waals surface area (Å²) < 4.78 is 2.55. The molecule has 1 aromatic carbocycles. The highest BCUT2D eigenvalue weighted by Gasteiger charge is 2.38. The van der Waals surface area contributed by atoms with E-state index in [0.29, 0.717) is 4.08 Å². The fourth-order valence-electron chi connectivity index (χ4n) is 2.87. The molecular formula is C17H22N2S2. The van der Waals surface area contributed by atoms with Crippen molar-refractivity contribution in [2.24, 2.45) is 0 Å². The van der Waals surface area contributed by atoms with Crippen molar-refractivity contribution in [3.05, 3.63) is 54.6 Å². The Balaban J connectivity index is 1.63. The Morgan fingerprint density at radius 3 is 2.86 bits per heavy atom. The highest BCUT2D eigenvalue weighted by atomic mass is 32.2. The third kappa shape index (κ3) is 4.07. The van der Waals surface area contributed by atoms with E-state index in [1.165, 1.54) is 30.6 Å². The third-order valence-electron chi connectivity index (χ3n) is 3.85. The van der Waals surface area contributed by atoms with Gasteiger partial charge in [-0.1, -0.05) is 37.3 Å². The number of hydrogen-bond acceptors (Lipinski definition) is 3. The summed E-state index contributed by atoms with van der Waals surface area (Å²) in [5, 5.41) is 0.770. The van der Waals surface area contributed by atoms with Crippen LogP contribution < -0.4 is 0 Å². The van der Waals surface area contributed by atoms with Gasteiger partial charge in [-0.05, 0) is 24.8 Å². The van der Waals surface area contributed by atoms with Gasteiger partial charge in [0.25, 0.3) is 0 Å². The average molecular weight is 319 g/mol. The summed E-state index contributed by atoms with van der Waals surface area (Å²) in [6.07, 6.45) is 9.50. The topological polar surface area (TPSA) is 17.8 Å². The van der Waals surface area contributed by atoms with Crippen LogP contribution in [0.15, 0.2) is 49.1 Å². The van der Waals surface area contributed by atoms with Gasteiger partial charge in [-0.2, -0.15) is 0 Å². The van der Waals surface area contributed by atoms with Crippen molar-refractivity contribution in [1.82, 2.24) is 9.55 Å². The van der Waals surface area contributed by atoms with Crippen molar-refractivity contribution in [2.75, 3.05) is 5.75 Å². The van der Waals surface area contributed by atoms with Gasteiger partial charge in [-0.3, -0.25) is 0 Å². The molecule has 1 saturated heterocycles. The molecule has 0 radical (unpaired) electrons. The van der Waals surface area contributed by atoms with Gasteiger partial charge in [0, 0.05) is 29.9 Å². The summed E-state index contributed by atoms with van der Waals surface area (Å²) in [7, 11) is 0. The van der Waals surface area contributed by atoms with E-state index < -0.39 is 0 Å². The van der Waals surface area contributed by atoms with Crippen LogP contribution in [-0.4, -0.2) is 24.6 Å². The number of imidazole rings is 1. The van der Waals surface area contributed by atoms with E-state index >= 15 is 0 Å². The molecule has 1 aliphatic rings. The van der Waals surface area contributed by atoms with E-state index in [9.17, 15) is 0 Å². The molecule has 112 valence electrons. The molecule has 1 aliphatic heterocycles. The summed E-state index contributed by atoms with van der Waals surface area (Å²) in [5.41, 5.74) is 1.47. The molecule has 2 atom stereocenters. The molecule has 1 fully saturated rings. The quantitative estimate of drug-likeness (QED) is 0.782. The van der Waals surface area contributed by atoms with Gasteiger partial charge in [0.15, 0.2) is 0 Å². The Kier molecular flexibility index (Phi) is 4.96. The van der Waals surface area contributed by atoms with Gasteiger partial charge < -0.3 is 4.57 Å². The first kappa shape index (κ1) is 15.0. The average Bonchev–Trinajstić information content (AvgIpc) is 3.11. The van der Waals surface area contributed by atoms with Crippen molar-refractivity contribution in [3.63, 3.8) is 0 Å². The third-order valence-corrected chi connectivity index (χ3v) is 7.59. The predicted octanol–water partition coefficient (Wildman–Crippen LogP) is 4.47. The second-order valence-corrected chi connectivity index (χ2v) is 9.20. The zero-order valence-corrected chi connectivity index (χ0v) is 14.1. The van der Waals surface area contributed by atoms with Crippen LogP contribution in [-0.2, 0) is 13.0 Å². The Morgan fingerprint density at radius 2 is 2.19 bits per heavy atom. The SMILES string of the molecule is CC1CSC(CCCn2ccnc2)(Cc2ccccc2)S1. The molecule has 3 rings (SSSR count). The lowest BCUT2D eigenvalue weighted by molar-refractivity contribution is 0.578. The number of benzene rings is 1. The van der Waals surface area contributed by atoms with Crippen LogP contribution in [0.5, 0.6) is 0 Å². The number of thioether (sulfide) groups is 2. The maximum atomic E-state index is 4.12. The number of aryl methyl sites for hydroxylation is 1. The smallest absolute Gasteiger partial charge is 0.0945 e. The summed E-state index contributed by atoms with van der Waals surface area (Å²) in [5.74, 6) is 1.28. The van der Waals surface area contributed by atoms with Crippen molar-refractivity contribution < 1.29 is 0 Å². The van der Waals surface area contributed by atoms with Crippen molar-refractivity contribution >= 4 is 23.5 Å². The molecule has 1 aromatic heterocycles. The van der Waals surface area contributed by atoms with Crippen LogP contribution in [0.2, 0.25) is 0 Å². The lowest BCUT2D eigenvalue weighted by Crippen LogP contribution is -2.21. The maximum Gasteiger partial charge on any atom is 0.0945 e. The first-order chi connectivity index (χ1) is 10.3. The first-order valence-corrected chi connectivity index (χ1v) is 9.44. The van der Waals surface area contributed by atoms with Crippen molar-refractivity contribution in [2.45, 2.75) is 42.1 Å². The van der Waals surface area contributed by atoms with E-state index in [2.05, 4.69) is 76.5 Å². The Hall–Kier alpha value is -0.870. The minimum absolute atomic E-state index is 0.362. The molecule has 2 nitrogen and oxygen atoms in total. The largest absolute Gasteiger partial charge is 0.337 e. The Morgan fingerprint density at radius 1 is 1.33 bits per heavy atom. The van der Waals surface area contributed by atoms with Crippen LogP contribution in [0.1, 0.15) is 25.3 Å². The fraction of sp³-hybridized carbons (Fsp3) is 0.471. The molecule has 0 amide bonds. The van der Waals surface area contributed by atoms with Gasteiger partial charge in [0.1, 0.15) is 0 Å². The number of hydrogen-bond donors (Lipinski definition) is 0. The summed E-state index contributed by atoms with van der Waals surface area (Å²) in [6.45, 7) is 3.44. The van der Waals surface area contributed by atoms with E-state index in [0.717, 1.165) is 11.8 Å². The van der Waals surface area contributed by atoms with Gasteiger partial charge in [0.05, 0.1) is 10.4 Å². The maximum absolute atomic E-state index is 4.12. The molecule has 0 bridgehead atoms. The van der Waals surface area contributed by atoms with Gasteiger partial charge in [-0.15, -0.1) is 23.5 Å². The first-order valence-electron chi connectivity index (χ1n) is 7.57. The molecule has 4 heteroatoms. The van der Waals surface area contributed by atoms with Crippen LogP contribution in [0.3, 0.4) is 0 Å². The standard InChI is InChI=1S/C17H22N2S2/c1-15-13-20-17(21-15,12-16-6-3-2-4-7-16)8-5-10-19-11-9-18-14-19/h2-4,6-7,9,11,14-15H,5,8,10,12-13H2,1H3. The number of nitrogens with zero attached hydrogens (tertiary/aromatic N) is 2. The zero-order chi connectivity index (χ0) is 14.5. The molecule has 2 unspecified atom stereocenters. The van der Waals surface area contributed by atoms with Crippen molar-refractivity contribution in [1.29, 1.82) is 0 Å². The highest BCUT2D eigenvalue weighted by molar-refractivity contribution is 8.21. The Labute approximate surface area is 135 Å². The van der Waals surface area contributed by atoms with Crippen LogP contribution in [0.25, 0.3) is 0 Å². The van der Waals surface area contributed by atoms with Crippen molar-refractivity contribution in [3.8, 4) is 0 Å². The molecule has 0 aliphatic carbocycles. The summed E-state index contributed by atoms with van der Waals surface area (Å²) in [6, 6.07) is 10.9. The normalized spacial score (nSPS) is 25.3. The second kappa shape index (κ2) is 6.93. The van der Waals surface area contributed by atoms with Gasteiger partial charge in [-0.25, -0.2) is 4.98 Å². The molecular weight excluding hydrogens is 296 g/mol. The van der Waals surface area contributed by atoms with E-state index in [4.69, 9.17) is 0 Å². The lowest BCUT2D eigenvalue weighted by atomic mass is 10.1. The van der Waals surface area contributed by atoms with E-state index in [1.54, 1.807) is 0 Å². The van der Waals surface area contributed by atoms with Crippen LogP contribution in [0, 0.1) is 0 Å². The zero-order valence-electron chi connectivity index (χ0n) is 12.4. The Bertz CT molecular complexity index is 541. The van der Waals surface area contributed by atoms with Crippen LogP contribution >= 0.6 is 23.5 Å². The summed E-state index contributed by atoms with van der Waals surface area (Å²) in [4.78, 5) is 4.12. The van der Waals surface area contributed by atoms with E-state index in [-0.39, 0.29) is 0 Å². The monoisotopic (exact) mass is 318 g/mol.